The molecule has 18 heavy (non-hydrogen) atoms. The van der Waals surface area contributed by atoms with Crippen LogP contribution >= 0.6 is 11.6 Å². The number of nitrogens with two attached hydrogens (primary N) is 1. The fourth-order valence-corrected chi connectivity index (χ4v) is 1.92. The van der Waals surface area contributed by atoms with Crippen LogP contribution in [0.15, 0.2) is 0 Å². The SMILES string of the molecule is COCCN1CCN(c2nnc(Cl)c(N)n2)CC1. The Morgan fingerprint density at radius 3 is 2.61 bits per heavy atom. The molecular weight excluding hydrogens is 256 g/mol. The summed E-state index contributed by atoms with van der Waals surface area (Å²) in [6, 6.07) is 0. The van der Waals surface area contributed by atoms with E-state index in [9.17, 15) is 0 Å². The van der Waals surface area contributed by atoms with Crippen molar-refractivity contribution in [3.63, 3.8) is 0 Å². The van der Waals surface area contributed by atoms with Crippen molar-refractivity contribution in [2.24, 2.45) is 0 Å². The Morgan fingerprint density at radius 1 is 1.28 bits per heavy atom. The highest BCUT2D eigenvalue weighted by molar-refractivity contribution is 6.31. The molecule has 7 nitrogen and oxygen atoms in total. The zero-order valence-electron chi connectivity index (χ0n) is 10.3. The average Bonchev–Trinajstić information content (AvgIpc) is 2.40. The van der Waals surface area contributed by atoms with E-state index in [1.165, 1.54) is 0 Å². The Bertz CT molecular complexity index is 396. The van der Waals surface area contributed by atoms with Crippen molar-refractivity contribution in [2.75, 3.05) is 57.1 Å². The van der Waals surface area contributed by atoms with Crippen molar-refractivity contribution < 1.29 is 4.74 Å². The lowest BCUT2D eigenvalue weighted by Gasteiger charge is -2.34. The van der Waals surface area contributed by atoms with Crippen LogP contribution in [0.3, 0.4) is 0 Å². The molecule has 8 heteroatoms. The first-order valence-corrected chi connectivity index (χ1v) is 6.20. The molecule has 0 spiro atoms. The Morgan fingerprint density at radius 2 is 2.00 bits per heavy atom. The molecular formula is C10H17ClN6O. The summed E-state index contributed by atoms with van der Waals surface area (Å²) in [5, 5.41) is 7.89. The van der Waals surface area contributed by atoms with E-state index in [0.29, 0.717) is 5.95 Å². The molecule has 2 heterocycles. The van der Waals surface area contributed by atoms with Gasteiger partial charge >= 0.3 is 0 Å². The molecule has 100 valence electrons. The molecule has 0 radical (unpaired) electrons. The Balaban J connectivity index is 1.90. The van der Waals surface area contributed by atoms with E-state index >= 15 is 0 Å². The third kappa shape index (κ3) is 3.18. The van der Waals surface area contributed by atoms with Crippen molar-refractivity contribution in [3.05, 3.63) is 5.15 Å². The molecule has 0 saturated carbocycles. The van der Waals surface area contributed by atoms with Crippen LogP contribution < -0.4 is 10.6 Å². The van der Waals surface area contributed by atoms with Crippen molar-refractivity contribution in [1.82, 2.24) is 20.1 Å². The lowest BCUT2D eigenvalue weighted by Crippen LogP contribution is -2.48. The monoisotopic (exact) mass is 272 g/mol. The second kappa shape index (κ2) is 6.12. The van der Waals surface area contributed by atoms with E-state index in [1.54, 1.807) is 7.11 Å². The van der Waals surface area contributed by atoms with Crippen molar-refractivity contribution in [1.29, 1.82) is 0 Å². The number of anilines is 2. The number of aromatic nitrogens is 3. The van der Waals surface area contributed by atoms with E-state index in [2.05, 4.69) is 25.0 Å². The summed E-state index contributed by atoms with van der Waals surface area (Å²) in [5.74, 6) is 0.770. The van der Waals surface area contributed by atoms with Gasteiger partial charge in [0.15, 0.2) is 11.0 Å². The maximum atomic E-state index is 5.70. The van der Waals surface area contributed by atoms with Crippen molar-refractivity contribution >= 4 is 23.4 Å². The van der Waals surface area contributed by atoms with Crippen LogP contribution in [0.2, 0.25) is 5.15 Å². The highest BCUT2D eigenvalue weighted by Crippen LogP contribution is 2.16. The molecule has 0 aromatic carbocycles. The first kappa shape index (κ1) is 13.3. The van der Waals surface area contributed by atoms with Gasteiger partial charge < -0.3 is 15.4 Å². The lowest BCUT2D eigenvalue weighted by molar-refractivity contribution is 0.143. The second-order valence-corrected chi connectivity index (χ2v) is 4.47. The minimum atomic E-state index is 0.150. The zero-order valence-corrected chi connectivity index (χ0v) is 11.1. The van der Waals surface area contributed by atoms with Gasteiger partial charge in [-0.15, -0.1) is 10.2 Å². The Hall–Kier alpha value is -1.18. The predicted octanol–water partition coefficient (Wildman–Crippen LogP) is -0.124. The highest BCUT2D eigenvalue weighted by atomic mass is 35.5. The molecule has 0 amide bonds. The predicted molar refractivity (Wildman–Crippen MR) is 69.8 cm³/mol. The smallest absolute Gasteiger partial charge is 0.247 e. The molecule has 1 aromatic heterocycles. The molecule has 2 N–H and O–H groups in total. The van der Waals surface area contributed by atoms with Crippen molar-refractivity contribution in [2.45, 2.75) is 0 Å². The van der Waals surface area contributed by atoms with E-state index < -0.39 is 0 Å². The third-order valence-corrected chi connectivity index (χ3v) is 3.20. The third-order valence-electron chi connectivity index (χ3n) is 2.93. The molecule has 1 saturated heterocycles. The number of halogens is 1. The number of hydrogen-bond donors (Lipinski definition) is 1. The maximum absolute atomic E-state index is 5.70. The van der Waals surface area contributed by atoms with Gasteiger partial charge in [-0.2, -0.15) is 4.98 Å². The van der Waals surface area contributed by atoms with Gasteiger partial charge in [0, 0.05) is 39.8 Å². The molecule has 2 rings (SSSR count). The molecule has 0 atom stereocenters. The minimum Gasteiger partial charge on any atom is -0.383 e. The number of nitrogen functional groups attached to an aromatic ring is 1. The van der Waals surface area contributed by atoms with Crippen LogP contribution in [0, 0.1) is 0 Å². The maximum Gasteiger partial charge on any atom is 0.247 e. The summed E-state index contributed by atoms with van der Waals surface area (Å²) in [7, 11) is 1.71. The summed E-state index contributed by atoms with van der Waals surface area (Å²) in [6.07, 6.45) is 0. The first-order chi connectivity index (χ1) is 8.70. The van der Waals surface area contributed by atoms with Gasteiger partial charge in [-0.1, -0.05) is 11.6 Å². The fraction of sp³-hybridized carbons (Fsp3) is 0.700. The van der Waals surface area contributed by atoms with Crippen LogP contribution in [0.5, 0.6) is 0 Å². The zero-order chi connectivity index (χ0) is 13.0. The van der Waals surface area contributed by atoms with Gasteiger partial charge in [0.25, 0.3) is 0 Å². The first-order valence-electron chi connectivity index (χ1n) is 5.82. The quantitative estimate of drug-likeness (QED) is 0.818. The number of methoxy groups -OCH3 is 1. The number of rotatable bonds is 4. The van der Waals surface area contributed by atoms with Gasteiger partial charge in [-0.25, -0.2) is 0 Å². The van der Waals surface area contributed by atoms with E-state index in [1.807, 2.05) is 0 Å². The van der Waals surface area contributed by atoms with E-state index in [0.717, 1.165) is 39.3 Å². The molecule has 1 aromatic rings. The summed E-state index contributed by atoms with van der Waals surface area (Å²) >= 11 is 5.70. The molecule has 0 unspecified atom stereocenters. The number of piperazine rings is 1. The number of nitrogens with zero attached hydrogens (tertiary/aromatic N) is 5. The van der Waals surface area contributed by atoms with Gasteiger partial charge in [-0.05, 0) is 0 Å². The van der Waals surface area contributed by atoms with E-state index in [4.69, 9.17) is 22.1 Å². The van der Waals surface area contributed by atoms with Crippen LogP contribution in [-0.2, 0) is 4.74 Å². The summed E-state index contributed by atoms with van der Waals surface area (Å²) < 4.78 is 5.06. The number of hydrogen-bond acceptors (Lipinski definition) is 7. The standard InChI is InChI=1S/C10H17ClN6O/c1-18-7-6-16-2-4-17(5-3-16)10-13-9(12)8(11)14-15-10/h2-7H2,1H3,(H2,12,13,15). The lowest BCUT2D eigenvalue weighted by atomic mass is 10.3. The van der Waals surface area contributed by atoms with Gasteiger partial charge in [0.2, 0.25) is 5.95 Å². The normalized spacial score (nSPS) is 17.1. The fourth-order valence-electron chi connectivity index (χ4n) is 1.84. The van der Waals surface area contributed by atoms with E-state index in [-0.39, 0.29) is 11.0 Å². The summed E-state index contributed by atoms with van der Waals surface area (Å²) in [4.78, 5) is 8.54. The summed E-state index contributed by atoms with van der Waals surface area (Å²) in [5.41, 5.74) is 5.62. The molecule has 1 aliphatic heterocycles. The van der Waals surface area contributed by atoms with Crippen LogP contribution in [0.1, 0.15) is 0 Å². The van der Waals surface area contributed by atoms with Crippen molar-refractivity contribution in [3.8, 4) is 0 Å². The molecule has 0 aliphatic carbocycles. The van der Waals surface area contributed by atoms with Crippen LogP contribution in [0.25, 0.3) is 0 Å². The Kier molecular flexibility index (Phi) is 4.51. The van der Waals surface area contributed by atoms with Gasteiger partial charge in [0.1, 0.15) is 0 Å². The van der Waals surface area contributed by atoms with Crippen LogP contribution in [0.4, 0.5) is 11.8 Å². The van der Waals surface area contributed by atoms with Gasteiger partial charge in [-0.3, -0.25) is 4.90 Å². The van der Waals surface area contributed by atoms with Crippen LogP contribution in [-0.4, -0.2) is 66.5 Å². The highest BCUT2D eigenvalue weighted by Gasteiger charge is 2.19. The average molecular weight is 273 g/mol. The second-order valence-electron chi connectivity index (χ2n) is 4.11. The number of ether oxygens (including phenoxy) is 1. The summed E-state index contributed by atoms with van der Waals surface area (Å²) in [6.45, 7) is 5.32. The topological polar surface area (TPSA) is 80.4 Å². The minimum absolute atomic E-state index is 0.150. The molecule has 1 aliphatic rings. The Labute approximate surface area is 111 Å². The van der Waals surface area contributed by atoms with Gasteiger partial charge in [0.05, 0.1) is 6.61 Å². The molecule has 1 fully saturated rings. The molecule has 0 bridgehead atoms. The largest absolute Gasteiger partial charge is 0.383 e.